The minimum Gasteiger partial charge on any atom is -0.454 e. The molecule has 3 aromatic carbocycles. The van der Waals surface area contributed by atoms with E-state index in [0.717, 1.165) is 0 Å². The van der Waals surface area contributed by atoms with E-state index in [-0.39, 0.29) is 22.9 Å². The number of fused-ring (bicyclic) bond motifs is 2. The molecule has 0 bridgehead atoms. The van der Waals surface area contributed by atoms with Gasteiger partial charge in [-0.15, -0.1) is 0 Å². The lowest BCUT2D eigenvalue weighted by molar-refractivity contribution is 0.0993. The van der Waals surface area contributed by atoms with Crippen molar-refractivity contribution >= 4 is 38.9 Å². The minimum absolute atomic E-state index is 0.211. The van der Waals surface area contributed by atoms with Crippen LogP contribution in [0, 0.1) is 0 Å². The second kappa shape index (κ2) is 7.42. The molecule has 0 saturated carbocycles. The molecule has 0 aromatic heterocycles. The number of benzene rings is 3. The molecule has 1 heterocycles. The Kier molecular flexibility index (Phi) is 4.94. The molecule has 1 aliphatic heterocycles. The van der Waals surface area contributed by atoms with Gasteiger partial charge in [0.05, 0.1) is 17.0 Å². The molecule has 1 aliphatic rings. The number of halogens is 1. The van der Waals surface area contributed by atoms with Crippen molar-refractivity contribution in [3.63, 3.8) is 0 Å². The molecule has 6 nitrogen and oxygen atoms in total. The predicted molar refractivity (Wildman–Crippen MR) is 113 cm³/mol. The summed E-state index contributed by atoms with van der Waals surface area (Å²) >= 11 is 5.84. The van der Waals surface area contributed by atoms with Crippen molar-refractivity contribution in [3.05, 3.63) is 82.9 Å². The second-order valence-corrected chi connectivity index (χ2v) is 8.79. The van der Waals surface area contributed by atoms with Crippen LogP contribution in [0.25, 0.3) is 0 Å². The van der Waals surface area contributed by atoms with Crippen LogP contribution in [0.5, 0.6) is 11.5 Å². The fourth-order valence-electron chi connectivity index (χ4n) is 3.09. The predicted octanol–water partition coefficient (Wildman–Crippen LogP) is 4.66. The molecule has 1 N–H and O–H groups in total. The van der Waals surface area contributed by atoms with Gasteiger partial charge >= 0.3 is 0 Å². The molecule has 0 saturated heterocycles. The molecular weight excluding hydrogens is 412 g/mol. The van der Waals surface area contributed by atoms with Crippen molar-refractivity contribution in [1.29, 1.82) is 0 Å². The molecule has 8 heteroatoms. The SMILES string of the molecule is CN1C(=O)c2cc(NS(=O)(=O)Cc3ccc(Cl)cc3)ccc2Oc2ccccc21. The first-order chi connectivity index (χ1) is 13.8. The minimum atomic E-state index is -3.68. The number of carbonyl (C=O) groups is 1. The number of anilines is 2. The molecule has 0 atom stereocenters. The number of sulfonamides is 1. The molecular formula is C21H17ClN2O4S. The highest BCUT2D eigenvalue weighted by Gasteiger charge is 2.26. The Morgan fingerprint density at radius 2 is 1.72 bits per heavy atom. The van der Waals surface area contributed by atoms with Gasteiger partial charge in [0.1, 0.15) is 5.75 Å². The summed E-state index contributed by atoms with van der Waals surface area (Å²) in [6, 6.07) is 18.4. The third-order valence-corrected chi connectivity index (χ3v) is 6.02. The first-order valence-corrected chi connectivity index (χ1v) is 10.8. The Bertz CT molecular complexity index is 1190. The number of hydrogen-bond acceptors (Lipinski definition) is 4. The largest absolute Gasteiger partial charge is 0.454 e. The number of ether oxygens (including phenoxy) is 1. The highest BCUT2D eigenvalue weighted by atomic mass is 35.5. The highest BCUT2D eigenvalue weighted by molar-refractivity contribution is 7.91. The Hall–Kier alpha value is -3.03. The van der Waals surface area contributed by atoms with Gasteiger partial charge in [0.2, 0.25) is 10.0 Å². The zero-order valence-corrected chi connectivity index (χ0v) is 17.0. The molecule has 0 aliphatic carbocycles. The summed E-state index contributed by atoms with van der Waals surface area (Å²) in [5.74, 6) is 0.422. The quantitative estimate of drug-likeness (QED) is 0.655. The maximum absolute atomic E-state index is 12.9. The molecule has 29 heavy (non-hydrogen) atoms. The van der Waals surface area contributed by atoms with Gasteiger partial charge in [0, 0.05) is 17.8 Å². The number of nitrogens with one attached hydrogen (secondary N) is 1. The summed E-state index contributed by atoms with van der Waals surface area (Å²) in [5.41, 5.74) is 1.80. The summed E-state index contributed by atoms with van der Waals surface area (Å²) in [6.07, 6.45) is 0. The number of amides is 1. The number of para-hydroxylation sites is 2. The van der Waals surface area contributed by atoms with E-state index in [2.05, 4.69) is 4.72 Å². The molecule has 0 unspecified atom stereocenters. The number of nitrogens with zero attached hydrogens (tertiary/aromatic N) is 1. The van der Waals surface area contributed by atoms with Crippen molar-refractivity contribution in [1.82, 2.24) is 0 Å². The molecule has 0 fully saturated rings. The van der Waals surface area contributed by atoms with Gasteiger partial charge in [-0.3, -0.25) is 9.52 Å². The average molecular weight is 429 g/mol. The van der Waals surface area contributed by atoms with Crippen LogP contribution >= 0.6 is 11.6 Å². The zero-order chi connectivity index (χ0) is 20.6. The monoisotopic (exact) mass is 428 g/mol. The summed E-state index contributed by atoms with van der Waals surface area (Å²) in [7, 11) is -2.03. The highest BCUT2D eigenvalue weighted by Crippen LogP contribution is 2.38. The van der Waals surface area contributed by atoms with E-state index < -0.39 is 10.0 Å². The van der Waals surface area contributed by atoms with Crippen LogP contribution < -0.4 is 14.4 Å². The summed E-state index contributed by atoms with van der Waals surface area (Å²) < 4.78 is 33.5. The molecule has 3 aromatic rings. The number of rotatable bonds is 4. The van der Waals surface area contributed by atoms with Crippen LogP contribution in [0.4, 0.5) is 11.4 Å². The standard InChI is InChI=1S/C21H17ClN2O4S/c1-24-18-4-2-3-5-20(18)28-19-11-10-16(12-17(19)21(24)25)23-29(26,27)13-14-6-8-15(22)9-7-14/h2-12,23H,13H2,1H3. The van der Waals surface area contributed by atoms with Gasteiger partial charge in [-0.25, -0.2) is 8.42 Å². The van der Waals surface area contributed by atoms with Crippen LogP contribution in [-0.2, 0) is 15.8 Å². The first-order valence-electron chi connectivity index (χ1n) is 8.76. The first kappa shape index (κ1) is 19.3. The Balaban J connectivity index is 1.61. The van der Waals surface area contributed by atoms with Gasteiger partial charge in [0.15, 0.2) is 5.75 Å². The smallest absolute Gasteiger partial charge is 0.261 e. The summed E-state index contributed by atoms with van der Waals surface area (Å²) in [6.45, 7) is 0. The molecule has 0 radical (unpaired) electrons. The third-order valence-electron chi connectivity index (χ3n) is 4.50. The fourth-order valence-corrected chi connectivity index (χ4v) is 4.41. The van der Waals surface area contributed by atoms with Gasteiger partial charge < -0.3 is 9.64 Å². The topological polar surface area (TPSA) is 75.7 Å². The van der Waals surface area contributed by atoms with Crippen molar-refractivity contribution in [2.24, 2.45) is 0 Å². The molecule has 0 spiro atoms. The van der Waals surface area contributed by atoms with Crippen LogP contribution in [0.2, 0.25) is 5.02 Å². The molecule has 148 valence electrons. The molecule has 4 rings (SSSR count). The number of hydrogen-bond donors (Lipinski definition) is 1. The van der Waals surface area contributed by atoms with Crippen LogP contribution in [-0.4, -0.2) is 21.4 Å². The lowest BCUT2D eigenvalue weighted by Crippen LogP contribution is -2.25. The Morgan fingerprint density at radius 1 is 1.00 bits per heavy atom. The van der Waals surface area contributed by atoms with Gasteiger partial charge in [-0.05, 0) is 48.0 Å². The van der Waals surface area contributed by atoms with Gasteiger partial charge in [-0.1, -0.05) is 35.9 Å². The summed E-state index contributed by atoms with van der Waals surface area (Å²) in [4.78, 5) is 14.4. The van der Waals surface area contributed by atoms with E-state index in [1.54, 1.807) is 55.6 Å². The van der Waals surface area contributed by atoms with Gasteiger partial charge in [-0.2, -0.15) is 0 Å². The van der Waals surface area contributed by atoms with Crippen molar-refractivity contribution in [2.45, 2.75) is 5.75 Å². The third kappa shape index (κ3) is 4.06. The Morgan fingerprint density at radius 3 is 2.48 bits per heavy atom. The van der Waals surface area contributed by atoms with E-state index in [1.165, 1.54) is 11.0 Å². The van der Waals surface area contributed by atoms with Crippen molar-refractivity contribution < 1.29 is 17.9 Å². The zero-order valence-electron chi connectivity index (χ0n) is 15.4. The molecule has 1 amide bonds. The van der Waals surface area contributed by atoms with E-state index in [9.17, 15) is 13.2 Å². The maximum Gasteiger partial charge on any atom is 0.261 e. The fraction of sp³-hybridized carbons (Fsp3) is 0.0952. The van der Waals surface area contributed by atoms with Crippen molar-refractivity contribution in [3.8, 4) is 11.5 Å². The van der Waals surface area contributed by atoms with E-state index >= 15 is 0 Å². The van der Waals surface area contributed by atoms with Gasteiger partial charge in [0.25, 0.3) is 5.91 Å². The normalized spacial score (nSPS) is 13.2. The lowest BCUT2D eigenvalue weighted by Gasteiger charge is -2.16. The van der Waals surface area contributed by atoms with Crippen LogP contribution in [0.15, 0.2) is 66.7 Å². The lowest BCUT2D eigenvalue weighted by atomic mass is 10.1. The summed E-state index contributed by atoms with van der Waals surface area (Å²) in [5, 5.41) is 0.536. The van der Waals surface area contributed by atoms with E-state index in [4.69, 9.17) is 16.3 Å². The maximum atomic E-state index is 12.9. The average Bonchev–Trinajstić information content (AvgIpc) is 2.79. The second-order valence-electron chi connectivity index (χ2n) is 6.63. The van der Waals surface area contributed by atoms with Crippen molar-refractivity contribution in [2.75, 3.05) is 16.7 Å². The van der Waals surface area contributed by atoms with E-state index in [0.29, 0.717) is 27.8 Å². The van der Waals surface area contributed by atoms with Crippen LogP contribution in [0.1, 0.15) is 15.9 Å². The Labute approximate surface area is 173 Å². The van der Waals surface area contributed by atoms with Crippen LogP contribution in [0.3, 0.4) is 0 Å². The van der Waals surface area contributed by atoms with E-state index in [1.807, 2.05) is 12.1 Å². The number of carbonyl (C=O) groups excluding carboxylic acids is 1.